The minimum Gasteiger partial charge on any atom is -0.480 e. The number of carboxylic acids is 1. The van der Waals surface area contributed by atoms with Crippen molar-refractivity contribution in [2.24, 2.45) is 5.92 Å². The van der Waals surface area contributed by atoms with E-state index in [1.54, 1.807) is 0 Å². The topological polar surface area (TPSA) is 55.8 Å². The molecule has 26 heavy (non-hydrogen) atoms. The van der Waals surface area contributed by atoms with Crippen LogP contribution in [0.2, 0.25) is 0 Å². The Morgan fingerprint density at radius 3 is 2.31 bits per heavy atom. The van der Waals surface area contributed by atoms with Crippen LogP contribution in [-0.4, -0.2) is 59.6 Å². The van der Waals surface area contributed by atoms with Gasteiger partial charge >= 0.3 is 5.97 Å². The Morgan fingerprint density at radius 1 is 1.08 bits per heavy atom. The van der Waals surface area contributed by atoms with Crippen molar-refractivity contribution in [1.29, 1.82) is 0 Å². The van der Waals surface area contributed by atoms with Gasteiger partial charge in [-0.25, -0.2) is 0 Å². The van der Waals surface area contributed by atoms with Crippen molar-refractivity contribution < 1.29 is 9.90 Å². The maximum absolute atomic E-state index is 11.3. The predicted octanol–water partition coefficient (Wildman–Crippen LogP) is 2.39. The van der Waals surface area contributed by atoms with Crippen molar-refractivity contribution in [3.63, 3.8) is 0 Å². The van der Waals surface area contributed by atoms with Gasteiger partial charge in [0, 0.05) is 32.7 Å². The SMILES string of the molecule is Cc1cc(C)c(CN2CCN[C@H](C(=O)O)C2)cc1CN1CCC(C)CC1. The largest absolute Gasteiger partial charge is 0.480 e. The molecule has 1 aromatic rings. The summed E-state index contributed by atoms with van der Waals surface area (Å²) in [5, 5.41) is 12.3. The molecule has 5 heteroatoms. The van der Waals surface area contributed by atoms with Crippen LogP contribution in [0, 0.1) is 19.8 Å². The summed E-state index contributed by atoms with van der Waals surface area (Å²) >= 11 is 0. The van der Waals surface area contributed by atoms with E-state index in [4.69, 9.17) is 0 Å². The number of piperazine rings is 1. The first-order valence-corrected chi connectivity index (χ1v) is 9.92. The summed E-state index contributed by atoms with van der Waals surface area (Å²) in [5.74, 6) is 0.103. The molecular weight excluding hydrogens is 326 g/mol. The number of hydrogen-bond acceptors (Lipinski definition) is 4. The predicted molar refractivity (Wildman–Crippen MR) is 104 cm³/mol. The van der Waals surface area contributed by atoms with Gasteiger partial charge in [-0.2, -0.15) is 0 Å². The molecule has 0 aromatic heterocycles. The number of carboxylic acid groups (broad SMARTS) is 1. The molecule has 0 radical (unpaired) electrons. The number of rotatable bonds is 5. The smallest absolute Gasteiger partial charge is 0.322 e. The summed E-state index contributed by atoms with van der Waals surface area (Å²) < 4.78 is 0. The lowest BCUT2D eigenvalue weighted by molar-refractivity contribution is -0.140. The van der Waals surface area contributed by atoms with Crippen LogP contribution in [-0.2, 0) is 17.9 Å². The first-order valence-electron chi connectivity index (χ1n) is 9.92. The third kappa shape index (κ3) is 4.84. The van der Waals surface area contributed by atoms with Gasteiger partial charge in [0.15, 0.2) is 0 Å². The van der Waals surface area contributed by atoms with Gasteiger partial charge in [0.25, 0.3) is 0 Å². The molecule has 1 aromatic carbocycles. The number of aliphatic carboxylic acids is 1. The van der Waals surface area contributed by atoms with E-state index >= 15 is 0 Å². The Labute approximate surface area is 157 Å². The number of piperidine rings is 1. The van der Waals surface area contributed by atoms with Crippen LogP contribution in [0.25, 0.3) is 0 Å². The molecule has 0 saturated carbocycles. The van der Waals surface area contributed by atoms with Gasteiger partial charge in [-0.3, -0.25) is 14.6 Å². The highest BCUT2D eigenvalue weighted by Crippen LogP contribution is 2.23. The Hall–Kier alpha value is -1.43. The highest BCUT2D eigenvalue weighted by Gasteiger charge is 2.25. The molecule has 144 valence electrons. The second-order valence-corrected chi connectivity index (χ2v) is 8.24. The zero-order valence-electron chi connectivity index (χ0n) is 16.4. The van der Waals surface area contributed by atoms with Crippen LogP contribution < -0.4 is 5.32 Å². The highest BCUT2D eigenvalue weighted by atomic mass is 16.4. The summed E-state index contributed by atoms with van der Waals surface area (Å²) in [6.07, 6.45) is 2.60. The summed E-state index contributed by atoms with van der Waals surface area (Å²) in [6, 6.07) is 4.21. The van der Waals surface area contributed by atoms with Gasteiger partial charge in [0.05, 0.1) is 0 Å². The van der Waals surface area contributed by atoms with Crippen LogP contribution in [0.15, 0.2) is 12.1 Å². The maximum Gasteiger partial charge on any atom is 0.322 e. The van der Waals surface area contributed by atoms with Crippen LogP contribution >= 0.6 is 0 Å². The summed E-state index contributed by atoms with van der Waals surface area (Å²) in [5.41, 5.74) is 5.43. The number of nitrogens with zero attached hydrogens (tertiary/aromatic N) is 2. The summed E-state index contributed by atoms with van der Waals surface area (Å²) in [4.78, 5) is 16.1. The molecule has 0 aliphatic carbocycles. The Kier molecular flexibility index (Phi) is 6.33. The third-order valence-corrected chi connectivity index (χ3v) is 6.02. The van der Waals surface area contributed by atoms with Crippen molar-refractivity contribution in [3.8, 4) is 0 Å². The maximum atomic E-state index is 11.3. The van der Waals surface area contributed by atoms with Crippen LogP contribution in [0.3, 0.4) is 0 Å². The molecule has 0 spiro atoms. The van der Waals surface area contributed by atoms with Crippen molar-refractivity contribution in [1.82, 2.24) is 15.1 Å². The lowest BCUT2D eigenvalue weighted by Gasteiger charge is -2.33. The second-order valence-electron chi connectivity index (χ2n) is 8.24. The molecule has 3 rings (SSSR count). The minimum atomic E-state index is -0.754. The van der Waals surface area contributed by atoms with Gasteiger partial charge in [0.2, 0.25) is 0 Å². The van der Waals surface area contributed by atoms with Crippen molar-refractivity contribution >= 4 is 5.97 Å². The molecule has 2 heterocycles. The van der Waals surface area contributed by atoms with E-state index in [-0.39, 0.29) is 0 Å². The number of hydrogen-bond donors (Lipinski definition) is 2. The Morgan fingerprint density at radius 2 is 1.69 bits per heavy atom. The molecule has 2 aliphatic heterocycles. The molecule has 0 unspecified atom stereocenters. The van der Waals surface area contributed by atoms with Crippen LogP contribution in [0.1, 0.15) is 42.0 Å². The molecule has 2 N–H and O–H groups in total. The van der Waals surface area contributed by atoms with E-state index in [1.165, 1.54) is 48.2 Å². The molecule has 1 atom stereocenters. The van der Waals surface area contributed by atoms with E-state index in [9.17, 15) is 9.90 Å². The lowest BCUT2D eigenvalue weighted by atomic mass is 9.96. The van der Waals surface area contributed by atoms with Gasteiger partial charge in [0.1, 0.15) is 6.04 Å². The van der Waals surface area contributed by atoms with Gasteiger partial charge < -0.3 is 10.4 Å². The molecule has 0 amide bonds. The number of likely N-dealkylation sites (tertiary alicyclic amines) is 1. The zero-order valence-corrected chi connectivity index (χ0v) is 16.4. The molecule has 0 bridgehead atoms. The number of nitrogens with one attached hydrogen (secondary N) is 1. The fourth-order valence-corrected chi connectivity index (χ4v) is 4.11. The normalized spacial score (nSPS) is 23.3. The number of aryl methyl sites for hydroxylation is 2. The van der Waals surface area contributed by atoms with Crippen LogP contribution in [0.4, 0.5) is 0 Å². The molecule has 2 fully saturated rings. The fraction of sp³-hybridized carbons (Fsp3) is 0.667. The highest BCUT2D eigenvalue weighted by molar-refractivity contribution is 5.73. The first kappa shape index (κ1) is 19.3. The second kappa shape index (κ2) is 8.51. The standard InChI is InChI=1S/C21H33N3O2/c1-15-4-7-23(8-5-15)12-18-11-19(17(3)10-16(18)2)13-24-9-6-22-20(14-24)21(25)26/h10-11,15,20,22H,4-9,12-14H2,1-3H3,(H,25,26)/t20-/m0/s1. The molecule has 2 aliphatic rings. The molecular formula is C21H33N3O2. The Bertz CT molecular complexity index is 638. The van der Waals surface area contributed by atoms with Crippen molar-refractivity contribution in [3.05, 3.63) is 34.4 Å². The van der Waals surface area contributed by atoms with E-state index in [0.29, 0.717) is 6.54 Å². The van der Waals surface area contributed by atoms with Gasteiger partial charge in [-0.05, 0) is 68.0 Å². The quantitative estimate of drug-likeness (QED) is 0.845. The zero-order chi connectivity index (χ0) is 18.7. The van der Waals surface area contributed by atoms with E-state index < -0.39 is 12.0 Å². The number of benzene rings is 1. The molecule has 5 nitrogen and oxygen atoms in total. The van der Waals surface area contributed by atoms with Gasteiger partial charge in [-0.15, -0.1) is 0 Å². The summed E-state index contributed by atoms with van der Waals surface area (Å²) in [7, 11) is 0. The first-order chi connectivity index (χ1) is 12.4. The summed E-state index contributed by atoms with van der Waals surface area (Å²) in [6.45, 7) is 13.2. The lowest BCUT2D eigenvalue weighted by Crippen LogP contribution is -2.53. The average molecular weight is 360 g/mol. The Balaban J connectivity index is 1.68. The number of carbonyl (C=O) groups is 1. The van der Waals surface area contributed by atoms with E-state index in [0.717, 1.165) is 32.1 Å². The van der Waals surface area contributed by atoms with Crippen molar-refractivity contribution in [2.75, 3.05) is 32.7 Å². The minimum absolute atomic E-state index is 0.454. The van der Waals surface area contributed by atoms with Crippen molar-refractivity contribution in [2.45, 2.75) is 52.7 Å². The third-order valence-electron chi connectivity index (χ3n) is 6.02. The fourth-order valence-electron chi connectivity index (χ4n) is 4.11. The average Bonchev–Trinajstić information content (AvgIpc) is 2.61. The van der Waals surface area contributed by atoms with Crippen LogP contribution in [0.5, 0.6) is 0 Å². The van der Waals surface area contributed by atoms with E-state index in [2.05, 4.69) is 48.0 Å². The van der Waals surface area contributed by atoms with E-state index in [1.807, 2.05) is 0 Å². The monoisotopic (exact) mass is 359 g/mol. The van der Waals surface area contributed by atoms with Gasteiger partial charge in [-0.1, -0.05) is 19.1 Å². The molecule has 2 saturated heterocycles.